The van der Waals surface area contributed by atoms with Crippen LogP contribution in [0.15, 0.2) is 22.7 Å². The van der Waals surface area contributed by atoms with Crippen molar-refractivity contribution in [3.63, 3.8) is 0 Å². The van der Waals surface area contributed by atoms with Crippen LogP contribution in [0.5, 0.6) is 5.75 Å². The van der Waals surface area contributed by atoms with E-state index in [9.17, 15) is 28.2 Å². The highest BCUT2D eigenvalue weighted by atomic mass is 79.9. The molecule has 0 aliphatic heterocycles. The third-order valence-corrected chi connectivity index (χ3v) is 3.75. The largest absolute Gasteiger partial charge is 0.573 e. The number of aliphatic hydroxyl groups excluding tert-OH is 2. The number of carbonyl (C=O) groups excluding carboxylic acids is 1. The first-order valence-electron chi connectivity index (χ1n) is 5.65. The van der Waals surface area contributed by atoms with E-state index >= 15 is 0 Å². The first kappa shape index (κ1) is 18.3. The Hall–Kier alpha value is -0.770. The monoisotopic (exact) mass is 388 g/mol. The Morgan fingerprint density at radius 3 is 2.57 bits per heavy atom. The van der Waals surface area contributed by atoms with Crippen LogP contribution < -0.4 is 4.74 Å². The highest BCUT2D eigenvalue weighted by Crippen LogP contribution is 2.34. The lowest BCUT2D eigenvalue weighted by Crippen LogP contribution is -2.24. The summed E-state index contributed by atoms with van der Waals surface area (Å²) >= 11 is 3.76. The highest BCUT2D eigenvalue weighted by molar-refractivity contribution is 9.10. The highest BCUT2D eigenvalue weighted by Gasteiger charge is 2.34. The molecule has 0 amide bonds. The number of hydrogen-bond donors (Lipinski definition) is 2. The minimum Gasteiger partial charge on any atom is -0.405 e. The molecule has 1 aromatic carbocycles. The van der Waals surface area contributed by atoms with Crippen LogP contribution in [0.2, 0.25) is 0 Å². The summed E-state index contributed by atoms with van der Waals surface area (Å²) in [6.45, 7) is 1.28. The average Bonchev–Trinajstić information content (AvgIpc) is 2.33. The zero-order chi connectivity index (χ0) is 16.2. The SMILES string of the molecule is CC(=O)SCC(O)C(O)c1ccc(Br)cc1OC(F)(F)F. The normalized spacial score (nSPS) is 14.6. The van der Waals surface area contributed by atoms with Crippen molar-refractivity contribution in [1.29, 1.82) is 0 Å². The minimum absolute atomic E-state index is 0.141. The van der Waals surface area contributed by atoms with Crippen molar-refractivity contribution >= 4 is 32.8 Å². The zero-order valence-corrected chi connectivity index (χ0v) is 13.1. The van der Waals surface area contributed by atoms with Crippen molar-refractivity contribution in [3.05, 3.63) is 28.2 Å². The van der Waals surface area contributed by atoms with E-state index in [1.165, 1.54) is 19.1 Å². The number of alkyl halides is 3. The van der Waals surface area contributed by atoms with Crippen LogP contribution >= 0.6 is 27.7 Å². The van der Waals surface area contributed by atoms with Gasteiger partial charge in [-0.1, -0.05) is 33.8 Å². The second kappa shape index (κ2) is 7.48. The molecule has 21 heavy (non-hydrogen) atoms. The average molecular weight is 389 g/mol. The van der Waals surface area contributed by atoms with Gasteiger partial charge in [-0.2, -0.15) is 0 Å². The van der Waals surface area contributed by atoms with Gasteiger partial charge >= 0.3 is 6.36 Å². The van der Waals surface area contributed by atoms with Crippen LogP contribution in [-0.2, 0) is 4.79 Å². The molecule has 0 bridgehead atoms. The number of thioether (sulfide) groups is 1. The summed E-state index contributed by atoms with van der Waals surface area (Å²) in [5, 5.41) is 19.4. The van der Waals surface area contributed by atoms with Gasteiger partial charge in [0, 0.05) is 22.7 Å². The molecular formula is C12H12BrF3O4S. The van der Waals surface area contributed by atoms with Crippen molar-refractivity contribution < 1.29 is 32.9 Å². The van der Waals surface area contributed by atoms with Gasteiger partial charge in [0.25, 0.3) is 0 Å². The molecule has 1 aromatic rings. The Bertz CT molecular complexity index is 510. The summed E-state index contributed by atoms with van der Waals surface area (Å²) in [5.74, 6) is -0.755. The first-order chi connectivity index (χ1) is 9.60. The van der Waals surface area contributed by atoms with Gasteiger partial charge in [0.15, 0.2) is 5.12 Å². The molecule has 2 unspecified atom stereocenters. The topological polar surface area (TPSA) is 66.8 Å². The molecule has 0 aromatic heterocycles. The summed E-state index contributed by atoms with van der Waals surface area (Å²) in [6, 6.07) is 3.65. The first-order valence-corrected chi connectivity index (χ1v) is 7.42. The summed E-state index contributed by atoms with van der Waals surface area (Å²) in [6.07, 6.45) is -7.94. The van der Waals surface area contributed by atoms with E-state index in [0.717, 1.165) is 17.8 Å². The smallest absolute Gasteiger partial charge is 0.405 e. The Kier molecular flexibility index (Phi) is 6.51. The fourth-order valence-electron chi connectivity index (χ4n) is 1.47. The zero-order valence-electron chi connectivity index (χ0n) is 10.7. The van der Waals surface area contributed by atoms with Gasteiger partial charge in [-0.05, 0) is 12.1 Å². The molecule has 0 saturated heterocycles. The van der Waals surface area contributed by atoms with E-state index in [4.69, 9.17) is 0 Å². The molecule has 0 fully saturated rings. The maximum absolute atomic E-state index is 12.3. The van der Waals surface area contributed by atoms with Crippen LogP contribution in [0.3, 0.4) is 0 Å². The van der Waals surface area contributed by atoms with Crippen LogP contribution in [0.25, 0.3) is 0 Å². The third kappa shape index (κ3) is 6.25. The van der Waals surface area contributed by atoms with Gasteiger partial charge in [0.1, 0.15) is 11.9 Å². The Morgan fingerprint density at radius 1 is 1.43 bits per heavy atom. The van der Waals surface area contributed by atoms with Crippen molar-refractivity contribution in [2.45, 2.75) is 25.5 Å². The van der Waals surface area contributed by atoms with E-state index < -0.39 is 24.3 Å². The molecule has 118 valence electrons. The predicted molar refractivity (Wildman–Crippen MR) is 74.9 cm³/mol. The molecule has 0 aliphatic rings. The van der Waals surface area contributed by atoms with Crippen LogP contribution in [-0.4, -0.2) is 33.5 Å². The molecule has 0 aliphatic carbocycles. The molecule has 4 nitrogen and oxygen atoms in total. The number of ether oxygens (including phenoxy) is 1. The van der Waals surface area contributed by atoms with Crippen molar-refractivity contribution in [3.8, 4) is 5.75 Å². The third-order valence-electron chi connectivity index (χ3n) is 2.34. The molecule has 2 N–H and O–H groups in total. The molecule has 0 saturated carbocycles. The molecular weight excluding hydrogens is 377 g/mol. The van der Waals surface area contributed by atoms with Crippen LogP contribution in [0, 0.1) is 0 Å². The summed E-state index contributed by atoms with van der Waals surface area (Å²) in [4.78, 5) is 10.8. The van der Waals surface area contributed by atoms with Gasteiger partial charge < -0.3 is 14.9 Å². The maximum Gasteiger partial charge on any atom is 0.573 e. The maximum atomic E-state index is 12.3. The van der Waals surface area contributed by atoms with Crippen molar-refractivity contribution in [2.75, 3.05) is 5.75 Å². The lowest BCUT2D eigenvalue weighted by Gasteiger charge is -2.21. The number of halogens is 4. The van der Waals surface area contributed by atoms with Gasteiger partial charge in [-0.15, -0.1) is 13.2 Å². The Labute approximate surface area is 131 Å². The lowest BCUT2D eigenvalue weighted by molar-refractivity contribution is -0.275. The summed E-state index contributed by atoms with van der Waals surface area (Å²) in [7, 11) is 0. The lowest BCUT2D eigenvalue weighted by atomic mass is 10.0. The number of benzene rings is 1. The minimum atomic E-state index is -4.92. The Balaban J connectivity index is 2.97. The second-order valence-corrected chi connectivity index (χ2v) is 6.16. The summed E-state index contributed by atoms with van der Waals surface area (Å²) < 4.78 is 41.2. The quantitative estimate of drug-likeness (QED) is 0.811. The van der Waals surface area contributed by atoms with E-state index in [-0.39, 0.29) is 16.4 Å². The predicted octanol–water partition coefficient (Wildman–Crippen LogP) is 3.02. The van der Waals surface area contributed by atoms with E-state index in [1.54, 1.807) is 0 Å². The molecule has 1 rings (SSSR count). The fraction of sp³-hybridized carbons (Fsp3) is 0.417. The van der Waals surface area contributed by atoms with E-state index in [0.29, 0.717) is 4.47 Å². The van der Waals surface area contributed by atoms with E-state index in [1.807, 2.05) is 0 Å². The van der Waals surface area contributed by atoms with Gasteiger partial charge in [-0.3, -0.25) is 4.79 Å². The Morgan fingerprint density at radius 2 is 2.05 bits per heavy atom. The van der Waals surface area contributed by atoms with E-state index in [2.05, 4.69) is 20.7 Å². The number of rotatable bonds is 5. The van der Waals surface area contributed by atoms with Gasteiger partial charge in [-0.25, -0.2) is 0 Å². The summed E-state index contributed by atoms with van der Waals surface area (Å²) in [5.41, 5.74) is -0.216. The number of hydrogen-bond acceptors (Lipinski definition) is 5. The fourth-order valence-corrected chi connectivity index (χ4v) is 2.39. The van der Waals surface area contributed by atoms with Crippen molar-refractivity contribution in [1.82, 2.24) is 0 Å². The molecule has 0 spiro atoms. The molecule has 9 heteroatoms. The van der Waals surface area contributed by atoms with Crippen molar-refractivity contribution in [2.24, 2.45) is 0 Å². The molecule has 2 atom stereocenters. The second-order valence-electron chi connectivity index (χ2n) is 4.04. The van der Waals surface area contributed by atoms with Gasteiger partial charge in [0.2, 0.25) is 0 Å². The number of carbonyl (C=O) groups is 1. The standard InChI is InChI=1S/C12H12BrF3O4S/c1-6(17)21-5-9(18)11(19)8-3-2-7(13)4-10(8)20-12(14,15)16/h2-4,9,11,18-19H,5H2,1H3. The molecule has 0 heterocycles. The van der Waals surface area contributed by atoms with Crippen LogP contribution in [0.1, 0.15) is 18.6 Å². The van der Waals surface area contributed by atoms with Gasteiger partial charge in [0.05, 0.1) is 6.10 Å². The van der Waals surface area contributed by atoms with Crippen LogP contribution in [0.4, 0.5) is 13.2 Å². The molecule has 0 radical (unpaired) electrons. The number of aliphatic hydroxyl groups is 2.